The molecule has 1 fully saturated rings. The summed E-state index contributed by atoms with van der Waals surface area (Å²) in [6, 6.07) is -0.868. The molecule has 0 aromatic carbocycles. The Bertz CT molecular complexity index is 340. The van der Waals surface area contributed by atoms with Crippen molar-refractivity contribution in [2.75, 3.05) is 6.54 Å². The Kier molecular flexibility index (Phi) is 3.00. The summed E-state index contributed by atoms with van der Waals surface area (Å²) in [5, 5.41) is 2.04. The van der Waals surface area contributed by atoms with Crippen LogP contribution in [0.3, 0.4) is 0 Å². The molecule has 0 aromatic rings. The maximum atomic E-state index is 11.3. The van der Waals surface area contributed by atoms with E-state index in [0.29, 0.717) is 0 Å². The van der Waals surface area contributed by atoms with Gasteiger partial charge in [-0.25, -0.2) is 5.84 Å². The lowest BCUT2D eigenvalue weighted by atomic mass is 10.2. The molecule has 0 bridgehead atoms. The van der Waals surface area contributed by atoms with Crippen molar-refractivity contribution in [3.05, 3.63) is 0 Å². The Labute approximate surface area is 84.7 Å². The third-order valence-corrected chi connectivity index (χ3v) is 2.01. The van der Waals surface area contributed by atoms with Crippen molar-refractivity contribution in [2.45, 2.75) is 13.0 Å². The van der Waals surface area contributed by atoms with Gasteiger partial charge in [-0.3, -0.25) is 29.9 Å². The van der Waals surface area contributed by atoms with Gasteiger partial charge in [-0.2, -0.15) is 0 Å². The fourth-order valence-corrected chi connectivity index (χ4v) is 1.15. The number of hydrogen-bond donors (Lipinski definition) is 3. The minimum Gasteiger partial charge on any atom is -0.313 e. The smallest absolute Gasteiger partial charge is 0.313 e. The SMILES string of the molecule is CC1C(=O)NC(=O)CN1C(=O)C(=O)NN. The van der Waals surface area contributed by atoms with E-state index in [4.69, 9.17) is 5.84 Å². The van der Waals surface area contributed by atoms with Crippen LogP contribution >= 0.6 is 0 Å². The number of imide groups is 1. The Morgan fingerprint density at radius 1 is 1.53 bits per heavy atom. The zero-order chi connectivity index (χ0) is 11.6. The second-order valence-corrected chi connectivity index (χ2v) is 2.99. The largest absolute Gasteiger partial charge is 0.323 e. The van der Waals surface area contributed by atoms with Crippen molar-refractivity contribution < 1.29 is 19.2 Å². The fraction of sp³-hybridized carbons (Fsp3) is 0.429. The molecular formula is C7H10N4O4. The first-order chi connectivity index (χ1) is 6.97. The summed E-state index contributed by atoms with van der Waals surface area (Å²) in [7, 11) is 0. The Hall–Kier alpha value is -1.96. The van der Waals surface area contributed by atoms with E-state index < -0.39 is 29.7 Å². The van der Waals surface area contributed by atoms with E-state index in [1.54, 1.807) is 5.43 Å². The molecule has 0 saturated carbocycles. The third-order valence-electron chi connectivity index (χ3n) is 2.01. The molecule has 15 heavy (non-hydrogen) atoms. The van der Waals surface area contributed by atoms with Crippen molar-refractivity contribution in [2.24, 2.45) is 5.84 Å². The molecule has 4 amide bonds. The number of rotatable bonds is 0. The van der Waals surface area contributed by atoms with Gasteiger partial charge in [0, 0.05) is 0 Å². The van der Waals surface area contributed by atoms with Crippen molar-refractivity contribution in [3.63, 3.8) is 0 Å². The predicted octanol–water partition coefficient (Wildman–Crippen LogP) is -3.15. The molecule has 1 atom stereocenters. The van der Waals surface area contributed by atoms with E-state index in [1.165, 1.54) is 6.92 Å². The number of carbonyl (C=O) groups is 4. The van der Waals surface area contributed by atoms with Crippen LogP contribution in [0.5, 0.6) is 0 Å². The standard InChI is InChI=1S/C7H10N4O4/c1-3-5(13)9-4(12)2-11(3)7(15)6(14)10-8/h3H,2,8H2,1H3,(H,10,14)(H,9,12,13). The minimum absolute atomic E-state index is 0.334. The van der Waals surface area contributed by atoms with E-state index in [9.17, 15) is 19.2 Å². The summed E-state index contributed by atoms with van der Waals surface area (Å²) in [6.07, 6.45) is 0. The maximum absolute atomic E-state index is 11.3. The molecule has 82 valence electrons. The number of hydrazine groups is 1. The van der Waals surface area contributed by atoms with Crippen molar-refractivity contribution in [3.8, 4) is 0 Å². The van der Waals surface area contributed by atoms with Gasteiger partial charge in [-0.15, -0.1) is 0 Å². The van der Waals surface area contributed by atoms with Gasteiger partial charge < -0.3 is 4.90 Å². The first-order valence-corrected chi connectivity index (χ1v) is 4.12. The van der Waals surface area contributed by atoms with Gasteiger partial charge in [-0.1, -0.05) is 0 Å². The van der Waals surface area contributed by atoms with E-state index in [1.807, 2.05) is 5.32 Å². The van der Waals surface area contributed by atoms with Crippen LogP contribution in [0.25, 0.3) is 0 Å². The van der Waals surface area contributed by atoms with Gasteiger partial charge in [0.1, 0.15) is 12.6 Å². The monoisotopic (exact) mass is 214 g/mol. The molecule has 4 N–H and O–H groups in total. The summed E-state index contributed by atoms with van der Waals surface area (Å²) in [6.45, 7) is 1.07. The average molecular weight is 214 g/mol. The molecule has 1 unspecified atom stereocenters. The van der Waals surface area contributed by atoms with Crippen LogP contribution in [0.1, 0.15) is 6.92 Å². The molecule has 8 heteroatoms. The molecule has 1 aliphatic heterocycles. The van der Waals surface area contributed by atoms with E-state index >= 15 is 0 Å². The lowest BCUT2D eigenvalue weighted by molar-refractivity contribution is -0.154. The van der Waals surface area contributed by atoms with Gasteiger partial charge >= 0.3 is 11.8 Å². The lowest BCUT2D eigenvalue weighted by Gasteiger charge is -2.30. The summed E-state index contributed by atoms with van der Waals surface area (Å²) in [5.74, 6) is 1.44. The number of nitrogens with two attached hydrogens (primary N) is 1. The Morgan fingerprint density at radius 2 is 2.13 bits per heavy atom. The molecule has 8 nitrogen and oxygen atoms in total. The molecule has 0 radical (unpaired) electrons. The number of amides is 4. The molecule has 1 aliphatic rings. The van der Waals surface area contributed by atoms with Crippen molar-refractivity contribution in [1.29, 1.82) is 0 Å². The molecule has 0 aromatic heterocycles. The highest BCUT2D eigenvalue weighted by Crippen LogP contribution is 2.04. The quantitative estimate of drug-likeness (QED) is 0.129. The number of nitrogens with one attached hydrogen (secondary N) is 2. The zero-order valence-electron chi connectivity index (χ0n) is 7.94. The van der Waals surface area contributed by atoms with Crippen LogP contribution in [0.15, 0.2) is 0 Å². The lowest BCUT2D eigenvalue weighted by Crippen LogP contribution is -2.61. The highest BCUT2D eigenvalue weighted by atomic mass is 16.2. The zero-order valence-corrected chi connectivity index (χ0v) is 7.94. The third kappa shape index (κ3) is 2.10. The Morgan fingerprint density at radius 3 is 2.67 bits per heavy atom. The number of piperazine rings is 1. The van der Waals surface area contributed by atoms with Crippen LogP contribution in [0, 0.1) is 0 Å². The van der Waals surface area contributed by atoms with Crippen LogP contribution in [-0.4, -0.2) is 41.1 Å². The minimum atomic E-state index is -1.07. The van der Waals surface area contributed by atoms with Crippen molar-refractivity contribution in [1.82, 2.24) is 15.6 Å². The summed E-state index contributed by atoms with van der Waals surface area (Å²) < 4.78 is 0. The second-order valence-electron chi connectivity index (χ2n) is 2.99. The van der Waals surface area contributed by atoms with Crippen LogP contribution < -0.4 is 16.6 Å². The number of hydrogen-bond acceptors (Lipinski definition) is 5. The van der Waals surface area contributed by atoms with E-state index in [2.05, 4.69) is 0 Å². The molecule has 1 heterocycles. The molecule has 1 saturated heterocycles. The summed E-state index contributed by atoms with van der Waals surface area (Å²) in [4.78, 5) is 45.2. The van der Waals surface area contributed by atoms with Gasteiger partial charge in [0.05, 0.1) is 0 Å². The highest BCUT2D eigenvalue weighted by Gasteiger charge is 2.35. The van der Waals surface area contributed by atoms with Crippen molar-refractivity contribution >= 4 is 23.6 Å². The van der Waals surface area contributed by atoms with Crippen LogP contribution in [-0.2, 0) is 19.2 Å². The summed E-state index contributed by atoms with van der Waals surface area (Å²) >= 11 is 0. The fourth-order valence-electron chi connectivity index (χ4n) is 1.15. The normalized spacial score (nSPS) is 20.9. The maximum Gasteiger partial charge on any atom is 0.323 e. The average Bonchev–Trinajstić information content (AvgIpc) is 2.21. The predicted molar refractivity (Wildman–Crippen MR) is 46.7 cm³/mol. The molecular weight excluding hydrogens is 204 g/mol. The molecule has 1 rings (SSSR count). The van der Waals surface area contributed by atoms with Gasteiger partial charge in [0.15, 0.2) is 0 Å². The van der Waals surface area contributed by atoms with Gasteiger partial charge in [0.2, 0.25) is 11.8 Å². The molecule has 0 aliphatic carbocycles. The first-order valence-electron chi connectivity index (χ1n) is 4.12. The second kappa shape index (κ2) is 4.05. The number of nitrogens with zero attached hydrogens (tertiary/aromatic N) is 1. The highest BCUT2D eigenvalue weighted by molar-refractivity contribution is 6.35. The summed E-state index contributed by atoms with van der Waals surface area (Å²) in [5.41, 5.74) is 1.64. The van der Waals surface area contributed by atoms with Gasteiger partial charge in [0.25, 0.3) is 0 Å². The first kappa shape index (κ1) is 11.1. The van der Waals surface area contributed by atoms with Crippen LogP contribution in [0.2, 0.25) is 0 Å². The van der Waals surface area contributed by atoms with E-state index in [-0.39, 0.29) is 6.54 Å². The topological polar surface area (TPSA) is 122 Å². The van der Waals surface area contributed by atoms with E-state index in [0.717, 1.165) is 4.90 Å². The molecule has 0 spiro atoms. The van der Waals surface area contributed by atoms with Crippen LogP contribution in [0.4, 0.5) is 0 Å². The van der Waals surface area contributed by atoms with Gasteiger partial charge in [-0.05, 0) is 6.92 Å². The Balaban J connectivity index is 2.84. The number of carbonyl (C=O) groups excluding carboxylic acids is 4.